The molecule has 3 aromatic carbocycles. The maximum atomic E-state index is 5.96. The van der Waals surface area contributed by atoms with Crippen LogP contribution in [0.25, 0.3) is 16.5 Å². The summed E-state index contributed by atoms with van der Waals surface area (Å²) in [5, 5.41) is 6.78. The summed E-state index contributed by atoms with van der Waals surface area (Å²) in [6, 6.07) is 29.7. The first-order valence-electron chi connectivity index (χ1n) is 12.4. The molecule has 0 amide bonds. The van der Waals surface area contributed by atoms with Gasteiger partial charge in [0.1, 0.15) is 0 Å². The lowest BCUT2D eigenvalue weighted by molar-refractivity contribution is 0.565. The van der Waals surface area contributed by atoms with Gasteiger partial charge in [0, 0.05) is 33.1 Å². The number of aromatic nitrogens is 2. The number of pyridine rings is 1. The Hall–Kier alpha value is -3.48. The van der Waals surface area contributed by atoms with Crippen molar-refractivity contribution in [3.8, 4) is 5.69 Å². The highest BCUT2D eigenvalue weighted by Crippen LogP contribution is 2.44. The number of hydrogen-bond donors (Lipinski definition) is 1. The van der Waals surface area contributed by atoms with Crippen LogP contribution in [-0.4, -0.2) is 14.7 Å². The van der Waals surface area contributed by atoms with Crippen LogP contribution in [0.4, 0.5) is 5.69 Å². The third-order valence-electron chi connectivity index (χ3n) is 7.31. The average molecular weight is 568 g/mol. The van der Waals surface area contributed by atoms with Crippen molar-refractivity contribution in [1.82, 2.24) is 14.9 Å². The molecule has 1 saturated heterocycles. The van der Waals surface area contributed by atoms with Gasteiger partial charge in [-0.3, -0.25) is 4.98 Å². The molecule has 6 rings (SSSR count). The van der Waals surface area contributed by atoms with Gasteiger partial charge in [0.25, 0.3) is 0 Å². The summed E-state index contributed by atoms with van der Waals surface area (Å²) in [5.41, 5.74) is 8.01. The van der Waals surface area contributed by atoms with Crippen molar-refractivity contribution in [2.45, 2.75) is 32.9 Å². The van der Waals surface area contributed by atoms with Gasteiger partial charge in [-0.1, -0.05) is 58.4 Å². The quantitative estimate of drug-likeness (QED) is 0.224. The molecule has 3 heterocycles. The number of thiocarbonyl (C=S) groups is 1. The average Bonchev–Trinajstić information content (AvgIpc) is 3.40. The Kier molecular flexibility index (Phi) is 6.09. The van der Waals surface area contributed by atoms with Gasteiger partial charge in [-0.2, -0.15) is 0 Å². The van der Waals surface area contributed by atoms with E-state index >= 15 is 0 Å². The molecule has 184 valence electrons. The number of rotatable bonds is 4. The maximum Gasteiger partial charge on any atom is 0.174 e. The second-order valence-electron chi connectivity index (χ2n) is 9.59. The number of hydrogen-bond acceptors (Lipinski definition) is 2. The molecule has 37 heavy (non-hydrogen) atoms. The number of nitrogens with one attached hydrogen (secondary N) is 1. The highest BCUT2D eigenvalue weighted by atomic mass is 79.9. The molecular weight excluding hydrogens is 540 g/mol. The number of benzene rings is 3. The van der Waals surface area contributed by atoms with Gasteiger partial charge in [0.2, 0.25) is 0 Å². The highest BCUT2D eigenvalue weighted by molar-refractivity contribution is 9.10. The lowest BCUT2D eigenvalue weighted by Gasteiger charge is -2.28. The van der Waals surface area contributed by atoms with Crippen LogP contribution < -0.4 is 10.2 Å². The van der Waals surface area contributed by atoms with Crippen LogP contribution in [0.2, 0.25) is 0 Å². The van der Waals surface area contributed by atoms with Crippen LogP contribution in [0.3, 0.4) is 0 Å². The topological polar surface area (TPSA) is 33.1 Å². The summed E-state index contributed by atoms with van der Waals surface area (Å²) < 4.78 is 3.46. The number of nitrogens with zero attached hydrogens (tertiary/aromatic N) is 3. The first-order chi connectivity index (χ1) is 17.9. The zero-order valence-electron chi connectivity index (χ0n) is 20.9. The Morgan fingerprint density at radius 1 is 0.892 bits per heavy atom. The minimum Gasteiger partial charge on any atom is -0.351 e. The van der Waals surface area contributed by atoms with Crippen LogP contribution in [0, 0.1) is 20.8 Å². The minimum absolute atomic E-state index is 0.0575. The fourth-order valence-electron chi connectivity index (χ4n) is 5.59. The molecule has 0 aliphatic carbocycles. The van der Waals surface area contributed by atoms with Gasteiger partial charge < -0.3 is 14.8 Å². The Morgan fingerprint density at radius 2 is 1.68 bits per heavy atom. The Balaban J connectivity index is 1.55. The van der Waals surface area contributed by atoms with E-state index in [2.05, 4.69) is 124 Å². The summed E-state index contributed by atoms with van der Waals surface area (Å²) >= 11 is 9.61. The van der Waals surface area contributed by atoms with Gasteiger partial charge in [-0.25, -0.2) is 0 Å². The van der Waals surface area contributed by atoms with Crippen molar-refractivity contribution in [2.75, 3.05) is 4.90 Å². The molecule has 0 bridgehead atoms. The van der Waals surface area contributed by atoms with Crippen LogP contribution in [0.15, 0.2) is 95.6 Å². The molecular formula is C31H27BrN4S. The van der Waals surface area contributed by atoms with E-state index in [0.29, 0.717) is 5.11 Å². The SMILES string of the molecule is Cc1cc(N2C(=S)N[C@H](c3ccccn3)[C@H]2c2cc(C)n(-c3cccc4ccccc34)c2C)ccc1Br. The predicted octanol–water partition coefficient (Wildman–Crippen LogP) is 7.89. The van der Waals surface area contributed by atoms with E-state index in [1.165, 1.54) is 39.0 Å². The molecule has 0 unspecified atom stereocenters. The highest BCUT2D eigenvalue weighted by Gasteiger charge is 2.42. The van der Waals surface area contributed by atoms with Crippen LogP contribution in [0.1, 0.15) is 40.3 Å². The van der Waals surface area contributed by atoms with E-state index in [1.807, 2.05) is 18.3 Å². The minimum atomic E-state index is -0.0841. The van der Waals surface area contributed by atoms with E-state index in [4.69, 9.17) is 17.2 Å². The number of halogens is 1. The van der Waals surface area contributed by atoms with Gasteiger partial charge in [-0.15, -0.1) is 0 Å². The van der Waals surface area contributed by atoms with E-state index in [0.717, 1.165) is 15.9 Å². The molecule has 1 N–H and O–H groups in total. The molecule has 2 aromatic heterocycles. The van der Waals surface area contributed by atoms with Crippen molar-refractivity contribution >= 4 is 49.7 Å². The van der Waals surface area contributed by atoms with E-state index in [-0.39, 0.29) is 12.1 Å². The molecule has 0 radical (unpaired) electrons. The van der Waals surface area contributed by atoms with Crippen molar-refractivity contribution in [3.63, 3.8) is 0 Å². The Labute approximate surface area is 231 Å². The number of fused-ring (bicyclic) bond motifs is 1. The lowest BCUT2D eigenvalue weighted by atomic mass is 9.96. The van der Waals surface area contributed by atoms with Gasteiger partial charge in [0.15, 0.2) is 5.11 Å². The molecule has 1 fully saturated rings. The standard InChI is InChI=1S/C31H27BrN4S/c1-19-17-23(14-15-26(19)32)36-30(29(34-31(36)37)27-12-6-7-16-33-27)25-18-20(2)35(21(25)3)28-13-8-10-22-9-4-5-11-24(22)28/h4-18,29-30H,1-3H3,(H,34,37)/t29-,30-/m1/s1. The Bertz CT molecular complexity index is 1640. The molecule has 0 saturated carbocycles. The van der Waals surface area contributed by atoms with Crippen molar-refractivity contribution < 1.29 is 0 Å². The number of aryl methyl sites for hydroxylation is 2. The first kappa shape index (κ1) is 23.9. The third kappa shape index (κ3) is 4.05. The summed E-state index contributed by atoms with van der Waals surface area (Å²) in [4.78, 5) is 6.98. The monoisotopic (exact) mass is 566 g/mol. The van der Waals surface area contributed by atoms with E-state index in [9.17, 15) is 0 Å². The largest absolute Gasteiger partial charge is 0.351 e. The fourth-order valence-corrected chi connectivity index (χ4v) is 6.18. The second-order valence-corrected chi connectivity index (χ2v) is 10.8. The molecule has 4 nitrogen and oxygen atoms in total. The second kappa shape index (κ2) is 9.43. The molecule has 6 heteroatoms. The number of anilines is 1. The van der Waals surface area contributed by atoms with Gasteiger partial charge in [-0.05, 0) is 92.0 Å². The fraction of sp³-hybridized carbons (Fsp3) is 0.161. The van der Waals surface area contributed by atoms with Gasteiger partial charge >= 0.3 is 0 Å². The molecule has 1 aliphatic rings. The van der Waals surface area contributed by atoms with Crippen LogP contribution in [-0.2, 0) is 0 Å². The lowest BCUT2D eigenvalue weighted by Crippen LogP contribution is -2.29. The normalized spacial score (nSPS) is 17.4. The third-order valence-corrected chi connectivity index (χ3v) is 8.52. The van der Waals surface area contributed by atoms with Crippen LogP contribution >= 0.6 is 28.1 Å². The summed E-state index contributed by atoms with van der Waals surface area (Å²) in [6.07, 6.45) is 1.85. The van der Waals surface area contributed by atoms with Crippen LogP contribution in [0.5, 0.6) is 0 Å². The molecule has 1 aliphatic heterocycles. The van der Waals surface area contributed by atoms with Crippen molar-refractivity contribution in [1.29, 1.82) is 0 Å². The zero-order chi connectivity index (χ0) is 25.7. The van der Waals surface area contributed by atoms with Gasteiger partial charge in [0.05, 0.1) is 23.5 Å². The maximum absolute atomic E-state index is 5.96. The summed E-state index contributed by atoms with van der Waals surface area (Å²) in [5.74, 6) is 0. The smallest absolute Gasteiger partial charge is 0.174 e. The molecule has 2 atom stereocenters. The van der Waals surface area contributed by atoms with Crippen molar-refractivity contribution in [3.05, 3.63) is 124 Å². The Morgan fingerprint density at radius 3 is 2.46 bits per heavy atom. The summed E-state index contributed by atoms with van der Waals surface area (Å²) in [6.45, 7) is 6.51. The van der Waals surface area contributed by atoms with E-state index < -0.39 is 0 Å². The molecule has 0 spiro atoms. The summed E-state index contributed by atoms with van der Waals surface area (Å²) in [7, 11) is 0. The first-order valence-corrected chi connectivity index (χ1v) is 13.6. The molecule has 5 aromatic rings. The predicted molar refractivity (Wildman–Crippen MR) is 160 cm³/mol. The van der Waals surface area contributed by atoms with Crippen molar-refractivity contribution in [2.24, 2.45) is 0 Å². The van der Waals surface area contributed by atoms with E-state index in [1.54, 1.807) is 0 Å². The zero-order valence-corrected chi connectivity index (χ0v) is 23.3.